The Labute approximate surface area is 196 Å². The van der Waals surface area contributed by atoms with E-state index in [0.717, 1.165) is 5.56 Å². The third kappa shape index (κ3) is 4.05. The molecule has 1 N–H and O–H groups in total. The Morgan fingerprint density at radius 1 is 1.21 bits per heavy atom. The second-order valence-electron chi connectivity index (χ2n) is 8.60. The largest absolute Gasteiger partial charge is 0.486 e. The van der Waals surface area contributed by atoms with E-state index in [1.165, 1.54) is 0 Å². The SMILES string of the molecule is CC1=NC(=O)C(CNC(=O)c2cc(-c3ccc4c(c3)OCCO4)nc3c2cnn3C(C)C)C=C1. The smallest absolute Gasteiger partial charge is 0.254 e. The van der Waals surface area contributed by atoms with E-state index in [1.807, 2.05) is 32.0 Å². The van der Waals surface area contributed by atoms with E-state index in [9.17, 15) is 9.59 Å². The van der Waals surface area contributed by atoms with Crippen LogP contribution in [0.2, 0.25) is 0 Å². The van der Waals surface area contributed by atoms with Gasteiger partial charge in [-0.05, 0) is 51.1 Å². The summed E-state index contributed by atoms with van der Waals surface area (Å²) in [5.41, 5.74) is 3.13. The van der Waals surface area contributed by atoms with Crippen LogP contribution < -0.4 is 14.8 Å². The maximum atomic E-state index is 13.3. The fourth-order valence-corrected chi connectivity index (χ4v) is 4.02. The number of hydrogen-bond acceptors (Lipinski definition) is 6. The molecule has 0 bridgehead atoms. The van der Waals surface area contributed by atoms with E-state index < -0.39 is 5.92 Å². The van der Waals surface area contributed by atoms with Gasteiger partial charge in [-0.15, -0.1) is 0 Å². The van der Waals surface area contributed by atoms with Gasteiger partial charge in [0.05, 0.1) is 28.8 Å². The average Bonchev–Trinajstić information content (AvgIpc) is 3.27. The number of amides is 2. The molecule has 2 aliphatic heterocycles. The van der Waals surface area contributed by atoms with Crippen molar-refractivity contribution in [2.75, 3.05) is 19.8 Å². The minimum absolute atomic E-state index is 0.0579. The Balaban J connectivity index is 1.51. The van der Waals surface area contributed by atoms with Gasteiger partial charge in [0, 0.05) is 23.9 Å². The summed E-state index contributed by atoms with van der Waals surface area (Å²) in [5.74, 6) is 0.282. The number of pyridine rings is 1. The highest BCUT2D eigenvalue weighted by molar-refractivity contribution is 6.07. The molecule has 2 amide bonds. The highest BCUT2D eigenvalue weighted by Crippen LogP contribution is 2.35. The Morgan fingerprint density at radius 3 is 2.76 bits per heavy atom. The molecule has 1 unspecified atom stereocenters. The Hall–Kier alpha value is -4.01. The first-order valence-corrected chi connectivity index (χ1v) is 11.2. The van der Waals surface area contributed by atoms with Crippen molar-refractivity contribution in [3.8, 4) is 22.8 Å². The van der Waals surface area contributed by atoms with Crippen molar-refractivity contribution in [1.82, 2.24) is 20.1 Å². The number of nitrogens with zero attached hydrogens (tertiary/aromatic N) is 4. The molecule has 34 heavy (non-hydrogen) atoms. The quantitative estimate of drug-likeness (QED) is 0.627. The van der Waals surface area contributed by atoms with Gasteiger partial charge in [0.15, 0.2) is 17.1 Å². The van der Waals surface area contributed by atoms with Gasteiger partial charge in [0.2, 0.25) is 0 Å². The van der Waals surface area contributed by atoms with E-state index in [-0.39, 0.29) is 24.4 Å². The Bertz CT molecular complexity index is 1350. The minimum atomic E-state index is -0.486. The van der Waals surface area contributed by atoms with Crippen LogP contribution in [0.1, 0.15) is 37.2 Å². The predicted octanol–water partition coefficient (Wildman–Crippen LogP) is 3.35. The topological polar surface area (TPSA) is 108 Å². The van der Waals surface area contributed by atoms with Crippen LogP contribution in [0.3, 0.4) is 0 Å². The number of carbonyl (C=O) groups is 2. The van der Waals surface area contributed by atoms with E-state index in [2.05, 4.69) is 15.4 Å². The molecule has 0 fully saturated rings. The van der Waals surface area contributed by atoms with Crippen molar-refractivity contribution in [1.29, 1.82) is 0 Å². The zero-order chi connectivity index (χ0) is 23.8. The lowest BCUT2D eigenvalue weighted by Crippen LogP contribution is -2.33. The fraction of sp³-hybridized carbons (Fsp3) is 0.320. The molecule has 1 atom stereocenters. The number of ether oxygens (including phenoxy) is 2. The van der Waals surface area contributed by atoms with Crippen molar-refractivity contribution in [3.63, 3.8) is 0 Å². The van der Waals surface area contributed by atoms with Crippen LogP contribution >= 0.6 is 0 Å². The molecule has 0 radical (unpaired) electrons. The summed E-state index contributed by atoms with van der Waals surface area (Å²) < 4.78 is 13.1. The maximum Gasteiger partial charge on any atom is 0.254 e. The highest BCUT2D eigenvalue weighted by Gasteiger charge is 2.23. The first-order valence-electron chi connectivity index (χ1n) is 11.2. The molecule has 0 saturated heterocycles. The van der Waals surface area contributed by atoms with Gasteiger partial charge in [-0.25, -0.2) is 14.7 Å². The Kier molecular flexibility index (Phi) is 5.61. The van der Waals surface area contributed by atoms with Gasteiger partial charge in [-0.1, -0.05) is 6.08 Å². The van der Waals surface area contributed by atoms with Gasteiger partial charge >= 0.3 is 0 Å². The molecule has 1 aromatic carbocycles. The molecule has 174 valence electrons. The lowest BCUT2D eigenvalue weighted by molar-refractivity contribution is -0.120. The van der Waals surface area contributed by atoms with Crippen LogP contribution in [0.25, 0.3) is 22.3 Å². The third-order valence-corrected chi connectivity index (χ3v) is 5.79. The molecule has 9 heteroatoms. The highest BCUT2D eigenvalue weighted by atomic mass is 16.6. The van der Waals surface area contributed by atoms with Gasteiger partial charge < -0.3 is 14.8 Å². The molecular formula is C25H25N5O4. The molecule has 3 aromatic rings. The van der Waals surface area contributed by atoms with Crippen molar-refractivity contribution in [2.24, 2.45) is 10.9 Å². The predicted molar refractivity (Wildman–Crippen MR) is 127 cm³/mol. The average molecular weight is 460 g/mol. The zero-order valence-electron chi connectivity index (χ0n) is 19.2. The van der Waals surface area contributed by atoms with Crippen molar-refractivity contribution < 1.29 is 19.1 Å². The molecule has 0 spiro atoms. The van der Waals surface area contributed by atoms with Crippen LogP contribution in [0, 0.1) is 5.92 Å². The van der Waals surface area contributed by atoms with E-state index >= 15 is 0 Å². The van der Waals surface area contributed by atoms with Gasteiger partial charge in [-0.2, -0.15) is 5.10 Å². The second kappa shape index (κ2) is 8.74. The number of nitrogens with one attached hydrogen (secondary N) is 1. The first-order chi connectivity index (χ1) is 16.4. The summed E-state index contributed by atoms with van der Waals surface area (Å²) in [7, 11) is 0. The Morgan fingerprint density at radius 2 is 2.00 bits per heavy atom. The number of fused-ring (bicyclic) bond motifs is 2. The summed E-state index contributed by atoms with van der Waals surface area (Å²) in [6, 6.07) is 7.41. The number of dihydropyridines is 1. The summed E-state index contributed by atoms with van der Waals surface area (Å²) in [5, 5.41) is 7.99. The molecule has 0 aliphatic carbocycles. The molecule has 2 aromatic heterocycles. The summed E-state index contributed by atoms with van der Waals surface area (Å²) >= 11 is 0. The number of rotatable bonds is 5. The van der Waals surface area contributed by atoms with Crippen molar-refractivity contribution in [2.45, 2.75) is 26.8 Å². The summed E-state index contributed by atoms with van der Waals surface area (Å²) in [6.07, 6.45) is 5.21. The number of aromatic nitrogens is 3. The molecule has 9 nitrogen and oxygen atoms in total. The van der Waals surface area contributed by atoms with Crippen LogP contribution in [0.4, 0.5) is 0 Å². The van der Waals surface area contributed by atoms with E-state index in [0.29, 0.717) is 52.7 Å². The van der Waals surface area contributed by atoms with Crippen LogP contribution in [0.5, 0.6) is 11.5 Å². The van der Waals surface area contributed by atoms with Crippen molar-refractivity contribution >= 4 is 28.6 Å². The number of carbonyl (C=O) groups excluding carboxylic acids is 2. The van der Waals surface area contributed by atoms with E-state index in [4.69, 9.17) is 14.5 Å². The van der Waals surface area contributed by atoms with Gasteiger partial charge in [0.1, 0.15) is 13.2 Å². The molecule has 5 rings (SSSR count). The van der Waals surface area contributed by atoms with Crippen LogP contribution in [-0.4, -0.2) is 52.0 Å². The molecular weight excluding hydrogens is 434 g/mol. The van der Waals surface area contributed by atoms with Gasteiger partial charge in [-0.3, -0.25) is 9.59 Å². The third-order valence-electron chi connectivity index (χ3n) is 5.79. The molecule has 0 saturated carbocycles. The minimum Gasteiger partial charge on any atom is -0.486 e. The van der Waals surface area contributed by atoms with Crippen molar-refractivity contribution in [3.05, 3.63) is 48.2 Å². The summed E-state index contributed by atoms with van der Waals surface area (Å²) in [6.45, 7) is 6.93. The monoisotopic (exact) mass is 459 g/mol. The second-order valence-corrected chi connectivity index (χ2v) is 8.60. The summed E-state index contributed by atoms with van der Waals surface area (Å²) in [4.78, 5) is 34.2. The van der Waals surface area contributed by atoms with Gasteiger partial charge in [0.25, 0.3) is 11.8 Å². The maximum absolute atomic E-state index is 13.3. The lowest BCUT2D eigenvalue weighted by Gasteiger charge is -2.19. The first kappa shape index (κ1) is 21.8. The number of allylic oxidation sites excluding steroid dienone is 1. The zero-order valence-corrected chi connectivity index (χ0v) is 19.2. The fourth-order valence-electron chi connectivity index (χ4n) is 4.02. The molecule has 4 heterocycles. The number of aliphatic imine (C=N–C) groups is 1. The van der Waals surface area contributed by atoms with Crippen LogP contribution in [-0.2, 0) is 4.79 Å². The number of benzene rings is 1. The normalized spacial score (nSPS) is 17.2. The number of hydrogen-bond donors (Lipinski definition) is 1. The lowest BCUT2D eigenvalue weighted by atomic mass is 10.0. The standard InChI is InChI=1S/C25H25N5O4/c1-14(2)30-23-19(13-27-30)18(25(32)26-12-17-5-4-15(3)28-24(17)31)11-20(29-23)16-6-7-21-22(10-16)34-9-8-33-21/h4-7,10-11,13-14,17H,8-9,12H2,1-3H3,(H,26,32). The van der Waals surface area contributed by atoms with E-state index in [1.54, 1.807) is 36.0 Å². The van der Waals surface area contributed by atoms with Crippen LogP contribution in [0.15, 0.2) is 47.6 Å². The molecule has 2 aliphatic rings.